The molecule has 0 aliphatic carbocycles. The molecule has 3 heterocycles. The van der Waals surface area contributed by atoms with Crippen molar-refractivity contribution in [2.24, 2.45) is 7.05 Å². The van der Waals surface area contributed by atoms with Crippen LogP contribution in [0.1, 0.15) is 35.2 Å². The summed E-state index contributed by atoms with van der Waals surface area (Å²) in [5.41, 5.74) is 9.91. The van der Waals surface area contributed by atoms with E-state index in [1.54, 1.807) is 16.8 Å². The molecular formula is C19H24N3+. The number of hydrogen-bond acceptors (Lipinski definition) is 2. The summed E-state index contributed by atoms with van der Waals surface area (Å²) in [6.07, 6.45) is 8.95. The average Bonchev–Trinajstić information content (AvgIpc) is 2.52. The predicted molar refractivity (Wildman–Crippen MR) is 89.2 cm³/mol. The molecule has 0 radical (unpaired) electrons. The summed E-state index contributed by atoms with van der Waals surface area (Å²) in [7, 11) is 2.13. The number of rotatable bonds is 1. The molecule has 0 N–H and O–H groups in total. The molecule has 3 heteroatoms. The number of hydrogen-bond donors (Lipinski definition) is 0. The van der Waals surface area contributed by atoms with E-state index in [1.165, 1.54) is 55.6 Å². The molecule has 0 bridgehead atoms. The molecular weight excluding hydrogens is 270 g/mol. The minimum atomic E-state index is 1.11. The zero-order chi connectivity index (χ0) is 15.3. The Morgan fingerprint density at radius 3 is 2.68 bits per heavy atom. The number of nitrogens with zero attached hydrogens (tertiary/aromatic N) is 3. The van der Waals surface area contributed by atoms with Crippen LogP contribution in [0.15, 0.2) is 18.5 Å². The van der Waals surface area contributed by atoms with Gasteiger partial charge in [0.25, 0.3) is 0 Å². The Hall–Kier alpha value is -1.90. The van der Waals surface area contributed by atoms with Gasteiger partial charge in [-0.15, -0.1) is 0 Å². The summed E-state index contributed by atoms with van der Waals surface area (Å²) in [6.45, 7) is 6.89. The lowest BCUT2D eigenvalue weighted by Crippen LogP contribution is -2.36. The predicted octanol–water partition coefficient (Wildman–Crippen LogP) is 2.89. The maximum Gasteiger partial charge on any atom is 0.233 e. The van der Waals surface area contributed by atoms with E-state index in [-0.39, 0.29) is 0 Å². The highest BCUT2D eigenvalue weighted by molar-refractivity contribution is 5.75. The van der Waals surface area contributed by atoms with Crippen LogP contribution < -0.4 is 9.47 Å². The molecule has 4 rings (SSSR count). The second kappa shape index (κ2) is 5.08. The lowest BCUT2D eigenvalue weighted by Gasteiger charge is -2.38. The molecule has 2 aromatic rings. The van der Waals surface area contributed by atoms with Crippen LogP contribution in [0.2, 0.25) is 0 Å². The van der Waals surface area contributed by atoms with Gasteiger partial charge in [-0.3, -0.25) is 0 Å². The van der Waals surface area contributed by atoms with Crippen LogP contribution in [0.5, 0.6) is 0 Å². The van der Waals surface area contributed by atoms with Gasteiger partial charge in [-0.1, -0.05) is 0 Å². The topological polar surface area (TPSA) is 20.0 Å². The molecule has 0 amide bonds. The lowest BCUT2D eigenvalue weighted by atomic mass is 9.85. The van der Waals surface area contributed by atoms with Crippen LogP contribution in [-0.2, 0) is 19.9 Å². The first-order valence-electron chi connectivity index (χ1n) is 8.38. The molecule has 1 aromatic heterocycles. The summed E-state index contributed by atoms with van der Waals surface area (Å²) in [4.78, 5) is 7.14. The molecule has 2 aliphatic heterocycles. The monoisotopic (exact) mass is 294 g/mol. The second-order valence-corrected chi connectivity index (χ2v) is 6.70. The molecule has 1 aromatic carbocycles. The Morgan fingerprint density at radius 1 is 1.14 bits per heavy atom. The van der Waals surface area contributed by atoms with Crippen molar-refractivity contribution in [2.45, 2.75) is 39.5 Å². The number of aryl methyl sites for hydroxylation is 3. The van der Waals surface area contributed by atoms with Crippen LogP contribution in [0.25, 0.3) is 11.3 Å². The SMILES string of the molecule is Cc1ncc[n+](C)c1-c1cc2c3c(c1C)CCCN3CCC2. The molecule has 114 valence electrons. The van der Waals surface area contributed by atoms with Crippen molar-refractivity contribution < 1.29 is 4.57 Å². The number of benzene rings is 1. The van der Waals surface area contributed by atoms with Crippen LogP contribution >= 0.6 is 0 Å². The fourth-order valence-corrected chi connectivity index (χ4v) is 4.28. The fraction of sp³-hybridized carbons (Fsp3) is 0.474. The third kappa shape index (κ3) is 1.95. The van der Waals surface area contributed by atoms with Gasteiger partial charge >= 0.3 is 0 Å². The van der Waals surface area contributed by atoms with Crippen molar-refractivity contribution in [3.63, 3.8) is 0 Å². The first kappa shape index (κ1) is 13.7. The summed E-state index contributed by atoms with van der Waals surface area (Å²) in [5, 5.41) is 0. The van der Waals surface area contributed by atoms with Gasteiger partial charge in [0.1, 0.15) is 12.7 Å². The van der Waals surface area contributed by atoms with E-state index in [9.17, 15) is 0 Å². The van der Waals surface area contributed by atoms with Crippen LogP contribution in [0, 0.1) is 13.8 Å². The van der Waals surface area contributed by atoms with Gasteiger partial charge in [0, 0.05) is 18.8 Å². The van der Waals surface area contributed by atoms with E-state index in [1.807, 2.05) is 6.20 Å². The smallest absolute Gasteiger partial charge is 0.233 e. The van der Waals surface area contributed by atoms with Gasteiger partial charge in [0.15, 0.2) is 6.20 Å². The van der Waals surface area contributed by atoms with E-state index in [4.69, 9.17) is 0 Å². The minimum Gasteiger partial charge on any atom is -0.371 e. The van der Waals surface area contributed by atoms with Gasteiger partial charge in [0.2, 0.25) is 5.69 Å². The van der Waals surface area contributed by atoms with Crippen molar-refractivity contribution >= 4 is 5.69 Å². The molecule has 0 fully saturated rings. The molecule has 0 unspecified atom stereocenters. The van der Waals surface area contributed by atoms with Crippen molar-refractivity contribution in [3.8, 4) is 11.3 Å². The van der Waals surface area contributed by atoms with Gasteiger partial charge in [-0.2, -0.15) is 4.57 Å². The second-order valence-electron chi connectivity index (χ2n) is 6.70. The summed E-state index contributed by atoms with van der Waals surface area (Å²) in [5.74, 6) is 0. The zero-order valence-corrected chi connectivity index (χ0v) is 13.8. The molecule has 0 saturated heterocycles. The Bertz CT molecular complexity index is 727. The number of aromatic nitrogens is 2. The fourth-order valence-electron chi connectivity index (χ4n) is 4.28. The standard InChI is InChI=1S/C19H24N3/c1-13-16-7-5-10-22-9-4-6-15(19(16)22)12-17(13)18-14(2)20-8-11-21(18)3/h8,11-12H,4-7,9-10H2,1-3H3/q+1. The quantitative estimate of drug-likeness (QED) is 0.754. The highest BCUT2D eigenvalue weighted by Crippen LogP contribution is 2.41. The molecule has 0 saturated carbocycles. The average molecular weight is 294 g/mol. The Morgan fingerprint density at radius 2 is 1.91 bits per heavy atom. The third-order valence-corrected chi connectivity index (χ3v) is 5.32. The number of anilines is 1. The molecule has 2 aliphatic rings. The molecule has 22 heavy (non-hydrogen) atoms. The van der Waals surface area contributed by atoms with Crippen molar-refractivity contribution in [3.05, 3.63) is 40.8 Å². The Labute approximate surface area is 132 Å². The third-order valence-electron chi connectivity index (χ3n) is 5.32. The molecule has 0 spiro atoms. The first-order chi connectivity index (χ1) is 10.7. The van der Waals surface area contributed by atoms with Gasteiger partial charge in [-0.25, -0.2) is 4.98 Å². The van der Waals surface area contributed by atoms with Crippen LogP contribution in [0.3, 0.4) is 0 Å². The van der Waals surface area contributed by atoms with E-state index in [2.05, 4.69) is 47.6 Å². The summed E-state index contributed by atoms with van der Waals surface area (Å²) in [6, 6.07) is 2.44. The minimum absolute atomic E-state index is 1.11. The van der Waals surface area contributed by atoms with E-state index in [0.29, 0.717) is 0 Å². The maximum absolute atomic E-state index is 4.52. The van der Waals surface area contributed by atoms with Crippen LogP contribution in [0.4, 0.5) is 5.69 Å². The van der Waals surface area contributed by atoms with Crippen molar-refractivity contribution in [1.82, 2.24) is 4.98 Å². The first-order valence-corrected chi connectivity index (χ1v) is 8.38. The Balaban J connectivity index is 1.99. The zero-order valence-electron chi connectivity index (χ0n) is 13.8. The highest BCUT2D eigenvalue weighted by atomic mass is 15.1. The van der Waals surface area contributed by atoms with Gasteiger partial charge in [-0.05, 0) is 62.3 Å². The molecule has 0 atom stereocenters. The van der Waals surface area contributed by atoms with E-state index in [0.717, 1.165) is 5.69 Å². The highest BCUT2D eigenvalue weighted by Gasteiger charge is 2.28. The molecule has 3 nitrogen and oxygen atoms in total. The largest absolute Gasteiger partial charge is 0.371 e. The van der Waals surface area contributed by atoms with Crippen molar-refractivity contribution in [1.29, 1.82) is 0 Å². The maximum atomic E-state index is 4.52. The van der Waals surface area contributed by atoms with Crippen molar-refractivity contribution in [2.75, 3.05) is 18.0 Å². The summed E-state index contributed by atoms with van der Waals surface area (Å²) < 4.78 is 2.22. The van der Waals surface area contributed by atoms with Gasteiger partial charge < -0.3 is 4.90 Å². The lowest BCUT2D eigenvalue weighted by molar-refractivity contribution is -0.661. The van der Waals surface area contributed by atoms with E-state index >= 15 is 0 Å². The van der Waals surface area contributed by atoms with Crippen LogP contribution in [-0.4, -0.2) is 18.1 Å². The summed E-state index contributed by atoms with van der Waals surface area (Å²) >= 11 is 0. The normalized spacial score (nSPS) is 16.6. The van der Waals surface area contributed by atoms with Gasteiger partial charge in [0.05, 0.1) is 11.8 Å². The van der Waals surface area contributed by atoms with E-state index < -0.39 is 0 Å². The Kier molecular flexibility index (Phi) is 3.17.